The Hall–Kier alpha value is -1.57. The van der Waals surface area contributed by atoms with Gasteiger partial charge in [-0.15, -0.1) is 0 Å². The number of rotatable bonds is 3. The number of nitrogens with zero attached hydrogens (tertiary/aromatic N) is 3. The lowest BCUT2D eigenvalue weighted by atomic mass is 10.2. The Morgan fingerprint density at radius 3 is 2.54 bits per heavy atom. The van der Waals surface area contributed by atoms with E-state index in [-0.39, 0.29) is 11.2 Å². The Labute approximate surface area is 158 Å². The molecule has 1 aliphatic carbocycles. The Balaban J connectivity index is 1.58. The summed E-state index contributed by atoms with van der Waals surface area (Å²) in [5.74, 6) is -0.139. The van der Waals surface area contributed by atoms with E-state index < -0.39 is 10.0 Å². The Morgan fingerprint density at radius 2 is 1.85 bits per heavy atom. The van der Waals surface area contributed by atoms with Gasteiger partial charge >= 0.3 is 0 Å². The van der Waals surface area contributed by atoms with Crippen LogP contribution in [-0.2, 0) is 17.1 Å². The first-order valence-corrected chi connectivity index (χ1v) is 10.8. The summed E-state index contributed by atoms with van der Waals surface area (Å²) >= 11 is 6.49. The summed E-state index contributed by atoms with van der Waals surface area (Å²) in [6.07, 6.45) is 2.15. The van der Waals surface area contributed by atoms with E-state index in [1.165, 1.54) is 0 Å². The number of para-hydroxylation sites is 1. The molecular formula is C18H22ClN3O3S. The maximum Gasteiger partial charge on any atom is 0.272 e. The number of aryl methyl sites for hydroxylation is 1. The summed E-state index contributed by atoms with van der Waals surface area (Å²) in [7, 11) is -1.36. The van der Waals surface area contributed by atoms with Gasteiger partial charge in [-0.05, 0) is 25.3 Å². The molecule has 2 heterocycles. The molecule has 6 nitrogen and oxygen atoms in total. The SMILES string of the molecule is Cn1c(C(=O)N2CCCN(S(=O)(=O)C3CC3)CC2)c(Cl)c2ccccc21. The van der Waals surface area contributed by atoms with Crippen LogP contribution in [0.15, 0.2) is 24.3 Å². The lowest BCUT2D eigenvalue weighted by Crippen LogP contribution is -2.39. The largest absolute Gasteiger partial charge is 0.338 e. The number of hydrogen-bond donors (Lipinski definition) is 0. The number of sulfonamides is 1. The van der Waals surface area contributed by atoms with Gasteiger partial charge in [-0.2, -0.15) is 4.31 Å². The molecule has 1 amide bonds. The molecule has 2 aliphatic rings. The highest BCUT2D eigenvalue weighted by Gasteiger charge is 2.40. The molecule has 2 fully saturated rings. The quantitative estimate of drug-likeness (QED) is 0.802. The molecule has 0 N–H and O–H groups in total. The van der Waals surface area contributed by atoms with Crippen LogP contribution >= 0.6 is 11.6 Å². The van der Waals surface area contributed by atoms with Gasteiger partial charge in [0.05, 0.1) is 10.3 Å². The van der Waals surface area contributed by atoms with Gasteiger partial charge in [0.25, 0.3) is 5.91 Å². The van der Waals surface area contributed by atoms with Gasteiger partial charge in [0.1, 0.15) is 5.69 Å². The second-order valence-corrected chi connectivity index (χ2v) is 9.62. The van der Waals surface area contributed by atoms with Gasteiger partial charge in [-0.25, -0.2) is 8.42 Å². The van der Waals surface area contributed by atoms with E-state index in [0.29, 0.717) is 43.3 Å². The average Bonchev–Trinajstić information content (AvgIpc) is 3.45. The van der Waals surface area contributed by atoms with E-state index in [0.717, 1.165) is 23.7 Å². The molecule has 0 unspecified atom stereocenters. The highest BCUT2D eigenvalue weighted by molar-refractivity contribution is 7.90. The maximum atomic E-state index is 13.1. The number of carbonyl (C=O) groups is 1. The summed E-state index contributed by atoms with van der Waals surface area (Å²) < 4.78 is 28.3. The number of aromatic nitrogens is 1. The number of benzene rings is 1. The number of carbonyl (C=O) groups excluding carboxylic acids is 1. The maximum absolute atomic E-state index is 13.1. The van der Waals surface area contributed by atoms with E-state index >= 15 is 0 Å². The van der Waals surface area contributed by atoms with Crippen LogP contribution in [0.5, 0.6) is 0 Å². The van der Waals surface area contributed by atoms with E-state index in [1.807, 2.05) is 35.9 Å². The second-order valence-electron chi connectivity index (χ2n) is 7.03. The van der Waals surface area contributed by atoms with E-state index in [1.54, 1.807) is 9.21 Å². The minimum absolute atomic E-state index is 0.139. The molecule has 1 saturated carbocycles. The average molecular weight is 396 g/mol. The number of fused-ring (bicyclic) bond motifs is 1. The number of halogens is 1. The zero-order valence-electron chi connectivity index (χ0n) is 14.7. The van der Waals surface area contributed by atoms with Crippen molar-refractivity contribution in [3.05, 3.63) is 35.0 Å². The second kappa shape index (κ2) is 6.55. The molecule has 8 heteroatoms. The third-order valence-electron chi connectivity index (χ3n) is 5.30. The molecule has 0 radical (unpaired) electrons. The van der Waals surface area contributed by atoms with E-state index in [4.69, 9.17) is 11.6 Å². The number of amides is 1. The van der Waals surface area contributed by atoms with Crippen molar-refractivity contribution >= 4 is 38.4 Å². The van der Waals surface area contributed by atoms with Crippen molar-refractivity contribution in [2.45, 2.75) is 24.5 Å². The fraction of sp³-hybridized carbons (Fsp3) is 0.500. The van der Waals surface area contributed by atoms with Crippen LogP contribution in [0, 0.1) is 0 Å². The van der Waals surface area contributed by atoms with Gasteiger partial charge in [0, 0.05) is 44.1 Å². The van der Waals surface area contributed by atoms with Crippen LogP contribution < -0.4 is 0 Å². The molecule has 140 valence electrons. The lowest BCUT2D eigenvalue weighted by Gasteiger charge is -2.22. The first-order chi connectivity index (χ1) is 12.4. The van der Waals surface area contributed by atoms with Gasteiger partial charge in [0.2, 0.25) is 10.0 Å². The normalized spacial score (nSPS) is 19.7. The standard InChI is InChI=1S/C18H22ClN3O3S/c1-20-15-6-3-2-5-14(15)16(19)17(20)18(23)21-9-4-10-22(12-11-21)26(24,25)13-7-8-13/h2-3,5-6,13H,4,7-12H2,1H3. The molecule has 1 saturated heterocycles. The van der Waals surface area contributed by atoms with Crippen LogP contribution in [0.3, 0.4) is 0 Å². The lowest BCUT2D eigenvalue weighted by molar-refractivity contribution is 0.0755. The fourth-order valence-electron chi connectivity index (χ4n) is 3.66. The fourth-order valence-corrected chi connectivity index (χ4v) is 5.90. The highest BCUT2D eigenvalue weighted by Crippen LogP contribution is 2.33. The molecule has 4 rings (SSSR count). The molecule has 2 aromatic rings. The van der Waals surface area contributed by atoms with Crippen molar-refractivity contribution < 1.29 is 13.2 Å². The summed E-state index contributed by atoms with van der Waals surface area (Å²) in [6, 6.07) is 7.65. The summed E-state index contributed by atoms with van der Waals surface area (Å²) in [6.45, 7) is 1.76. The molecule has 1 aromatic heterocycles. The Bertz CT molecular complexity index is 926. The summed E-state index contributed by atoms with van der Waals surface area (Å²) in [4.78, 5) is 14.8. The topological polar surface area (TPSA) is 62.6 Å². The third kappa shape index (κ3) is 2.92. The zero-order valence-corrected chi connectivity index (χ0v) is 16.3. The van der Waals surface area contributed by atoms with Crippen LogP contribution in [0.1, 0.15) is 29.8 Å². The highest BCUT2D eigenvalue weighted by atomic mass is 35.5. The molecule has 0 spiro atoms. The molecule has 0 bridgehead atoms. The van der Waals surface area contributed by atoms with Crippen molar-refractivity contribution in [1.29, 1.82) is 0 Å². The van der Waals surface area contributed by atoms with Crippen molar-refractivity contribution in [2.24, 2.45) is 7.05 Å². The van der Waals surface area contributed by atoms with Gasteiger partial charge in [0.15, 0.2) is 0 Å². The first-order valence-electron chi connectivity index (χ1n) is 8.92. The van der Waals surface area contributed by atoms with Crippen LogP contribution in [-0.4, -0.2) is 59.5 Å². The van der Waals surface area contributed by atoms with Gasteiger partial charge in [-0.1, -0.05) is 29.8 Å². The van der Waals surface area contributed by atoms with Crippen molar-refractivity contribution in [3.63, 3.8) is 0 Å². The van der Waals surface area contributed by atoms with Crippen molar-refractivity contribution in [1.82, 2.24) is 13.8 Å². The summed E-state index contributed by atoms with van der Waals surface area (Å²) in [5.41, 5.74) is 1.37. The molecular weight excluding hydrogens is 374 g/mol. The van der Waals surface area contributed by atoms with E-state index in [9.17, 15) is 13.2 Å². The Morgan fingerprint density at radius 1 is 1.12 bits per heavy atom. The minimum atomic E-state index is -3.20. The predicted octanol–water partition coefficient (Wildman–Crippen LogP) is 2.47. The zero-order chi connectivity index (χ0) is 18.5. The minimum Gasteiger partial charge on any atom is -0.338 e. The van der Waals surface area contributed by atoms with Gasteiger partial charge < -0.3 is 9.47 Å². The molecule has 0 atom stereocenters. The van der Waals surface area contributed by atoms with Crippen molar-refractivity contribution in [3.8, 4) is 0 Å². The van der Waals surface area contributed by atoms with Crippen LogP contribution in [0.2, 0.25) is 5.02 Å². The van der Waals surface area contributed by atoms with Crippen molar-refractivity contribution in [2.75, 3.05) is 26.2 Å². The molecule has 1 aromatic carbocycles. The third-order valence-corrected chi connectivity index (χ3v) is 8.08. The Kier molecular flexibility index (Phi) is 4.49. The predicted molar refractivity (Wildman–Crippen MR) is 102 cm³/mol. The first kappa shape index (κ1) is 17.8. The molecule has 1 aliphatic heterocycles. The molecule has 26 heavy (non-hydrogen) atoms. The number of hydrogen-bond acceptors (Lipinski definition) is 3. The smallest absolute Gasteiger partial charge is 0.272 e. The van der Waals surface area contributed by atoms with Crippen LogP contribution in [0.4, 0.5) is 0 Å². The van der Waals surface area contributed by atoms with Gasteiger partial charge in [-0.3, -0.25) is 4.79 Å². The van der Waals surface area contributed by atoms with E-state index in [2.05, 4.69) is 0 Å². The van der Waals surface area contributed by atoms with Crippen LogP contribution in [0.25, 0.3) is 10.9 Å². The summed E-state index contributed by atoms with van der Waals surface area (Å²) in [5, 5.41) is 1.10. The monoisotopic (exact) mass is 395 g/mol.